The number of aliphatic imine (C=N–C) groups is 1. The number of halogens is 1. The number of pyridine rings is 1. The number of nitrogens with two attached hydrogens (primary N) is 2. The Morgan fingerprint density at radius 3 is 3.00 bits per heavy atom. The van der Waals surface area contributed by atoms with Gasteiger partial charge in [0.05, 0.1) is 16.7 Å². The zero-order valence-corrected chi connectivity index (χ0v) is 9.48. The monoisotopic (exact) mass is 267 g/mol. The van der Waals surface area contributed by atoms with Crippen molar-refractivity contribution in [2.75, 3.05) is 0 Å². The maximum Gasteiger partial charge on any atom is 0.186 e. The van der Waals surface area contributed by atoms with Gasteiger partial charge in [-0.05, 0) is 28.1 Å². The molecule has 0 fully saturated rings. The molecule has 2 aromatic heterocycles. The summed E-state index contributed by atoms with van der Waals surface area (Å²) in [5.74, 6) is 0.0751. The maximum absolute atomic E-state index is 5.25. The lowest BCUT2D eigenvalue weighted by Crippen LogP contribution is -2.22. The van der Waals surface area contributed by atoms with Crippen molar-refractivity contribution in [2.24, 2.45) is 16.5 Å². The number of hydrogen-bond acceptors (Lipinski definition) is 2. The van der Waals surface area contributed by atoms with Crippen molar-refractivity contribution in [3.63, 3.8) is 0 Å². The molecule has 0 atom stereocenters. The Kier molecular flexibility index (Phi) is 2.59. The molecular weight excluding hydrogens is 258 g/mol. The van der Waals surface area contributed by atoms with Gasteiger partial charge in [0, 0.05) is 12.4 Å². The lowest BCUT2D eigenvalue weighted by Gasteiger charge is -1.92. The molecule has 0 aliphatic carbocycles. The summed E-state index contributed by atoms with van der Waals surface area (Å²) in [6.45, 7) is 0.399. The minimum absolute atomic E-state index is 0.0751. The Labute approximate surface area is 94.9 Å². The molecular formula is C9H10BrN5. The maximum atomic E-state index is 5.25. The zero-order valence-electron chi connectivity index (χ0n) is 7.89. The predicted molar refractivity (Wildman–Crippen MR) is 62.4 cm³/mol. The van der Waals surface area contributed by atoms with Crippen LogP contribution in [0.2, 0.25) is 0 Å². The van der Waals surface area contributed by atoms with Crippen molar-refractivity contribution in [1.29, 1.82) is 0 Å². The van der Waals surface area contributed by atoms with Gasteiger partial charge in [0.25, 0.3) is 0 Å². The van der Waals surface area contributed by atoms with Gasteiger partial charge in [-0.3, -0.25) is 0 Å². The van der Waals surface area contributed by atoms with Gasteiger partial charge in [-0.15, -0.1) is 0 Å². The van der Waals surface area contributed by atoms with Crippen LogP contribution in [0.5, 0.6) is 0 Å². The van der Waals surface area contributed by atoms with Crippen molar-refractivity contribution < 1.29 is 0 Å². The average Bonchev–Trinajstić information content (AvgIpc) is 2.59. The van der Waals surface area contributed by atoms with Crippen molar-refractivity contribution in [3.05, 3.63) is 34.7 Å². The highest BCUT2D eigenvalue weighted by molar-refractivity contribution is 9.10. The molecule has 15 heavy (non-hydrogen) atoms. The summed E-state index contributed by atoms with van der Waals surface area (Å²) in [4.78, 5) is 8.28. The second kappa shape index (κ2) is 3.90. The second-order valence-corrected chi connectivity index (χ2v) is 3.91. The SMILES string of the molecule is NC(N)=NCc1cn2cccc(Br)c2n1. The van der Waals surface area contributed by atoms with E-state index in [4.69, 9.17) is 11.5 Å². The van der Waals surface area contributed by atoms with Crippen LogP contribution in [-0.2, 0) is 6.54 Å². The summed E-state index contributed by atoms with van der Waals surface area (Å²) in [6.07, 6.45) is 3.82. The summed E-state index contributed by atoms with van der Waals surface area (Å²) in [7, 11) is 0. The van der Waals surface area contributed by atoms with Crippen LogP contribution in [0.25, 0.3) is 5.65 Å². The number of aromatic nitrogens is 2. The number of hydrogen-bond donors (Lipinski definition) is 2. The molecule has 0 saturated heterocycles. The zero-order chi connectivity index (χ0) is 10.8. The van der Waals surface area contributed by atoms with Gasteiger partial charge in [-0.25, -0.2) is 9.98 Å². The topological polar surface area (TPSA) is 81.7 Å². The predicted octanol–water partition coefficient (Wildman–Crippen LogP) is 0.870. The summed E-state index contributed by atoms with van der Waals surface area (Å²) in [5.41, 5.74) is 12.2. The number of imidazole rings is 1. The molecule has 0 aliphatic heterocycles. The lowest BCUT2D eigenvalue weighted by molar-refractivity contribution is 1.00. The number of nitrogens with zero attached hydrogens (tertiary/aromatic N) is 3. The molecule has 0 radical (unpaired) electrons. The molecule has 0 unspecified atom stereocenters. The lowest BCUT2D eigenvalue weighted by atomic mass is 10.5. The van der Waals surface area contributed by atoms with Crippen molar-refractivity contribution in [2.45, 2.75) is 6.54 Å². The highest BCUT2D eigenvalue weighted by atomic mass is 79.9. The molecule has 2 rings (SSSR count). The summed E-state index contributed by atoms with van der Waals surface area (Å²) >= 11 is 3.42. The first-order valence-corrected chi connectivity index (χ1v) is 5.13. The fraction of sp³-hybridized carbons (Fsp3) is 0.111. The smallest absolute Gasteiger partial charge is 0.186 e. The van der Waals surface area contributed by atoms with Gasteiger partial charge in [-0.2, -0.15) is 0 Å². The molecule has 0 amide bonds. The first kappa shape index (κ1) is 9.97. The fourth-order valence-corrected chi connectivity index (χ4v) is 1.72. The molecule has 5 nitrogen and oxygen atoms in total. The Morgan fingerprint density at radius 2 is 2.33 bits per heavy atom. The molecule has 0 bridgehead atoms. The van der Waals surface area contributed by atoms with E-state index < -0.39 is 0 Å². The van der Waals surface area contributed by atoms with E-state index in [9.17, 15) is 0 Å². The highest BCUT2D eigenvalue weighted by Gasteiger charge is 2.03. The van der Waals surface area contributed by atoms with Crippen molar-refractivity contribution in [3.8, 4) is 0 Å². The van der Waals surface area contributed by atoms with Crippen LogP contribution < -0.4 is 11.5 Å². The van der Waals surface area contributed by atoms with E-state index in [0.717, 1.165) is 15.8 Å². The largest absolute Gasteiger partial charge is 0.370 e. The first-order valence-electron chi connectivity index (χ1n) is 4.34. The van der Waals surface area contributed by atoms with E-state index in [1.807, 2.05) is 28.9 Å². The minimum Gasteiger partial charge on any atom is -0.370 e. The van der Waals surface area contributed by atoms with E-state index >= 15 is 0 Å². The van der Waals surface area contributed by atoms with E-state index in [0.29, 0.717) is 6.54 Å². The Bertz CT molecular complexity index is 512. The van der Waals surface area contributed by atoms with E-state index in [1.54, 1.807) is 0 Å². The van der Waals surface area contributed by atoms with Gasteiger partial charge >= 0.3 is 0 Å². The second-order valence-electron chi connectivity index (χ2n) is 3.06. The van der Waals surface area contributed by atoms with Crippen molar-refractivity contribution >= 4 is 27.5 Å². The van der Waals surface area contributed by atoms with Crippen LogP contribution >= 0.6 is 15.9 Å². The van der Waals surface area contributed by atoms with Gasteiger partial charge in [0.15, 0.2) is 11.6 Å². The van der Waals surface area contributed by atoms with Crippen LogP contribution in [-0.4, -0.2) is 15.3 Å². The molecule has 78 valence electrons. The van der Waals surface area contributed by atoms with Crippen LogP contribution in [0.1, 0.15) is 5.69 Å². The first-order chi connectivity index (χ1) is 7.16. The molecule has 2 heterocycles. The van der Waals surface area contributed by atoms with Crippen LogP contribution in [0.15, 0.2) is 34.0 Å². The van der Waals surface area contributed by atoms with Crippen LogP contribution in [0.3, 0.4) is 0 Å². The molecule has 0 spiro atoms. The van der Waals surface area contributed by atoms with E-state index in [1.165, 1.54) is 0 Å². The minimum atomic E-state index is 0.0751. The number of rotatable bonds is 2. The molecule has 4 N–H and O–H groups in total. The van der Waals surface area contributed by atoms with Crippen LogP contribution in [0, 0.1) is 0 Å². The standard InChI is InChI=1S/C9H10BrN5/c10-7-2-1-3-15-5-6(14-8(7)15)4-13-9(11)12/h1-3,5H,4H2,(H4,11,12,13). The van der Waals surface area contributed by atoms with E-state index in [2.05, 4.69) is 25.9 Å². The molecule has 0 aromatic carbocycles. The van der Waals surface area contributed by atoms with Gasteiger partial charge in [0.2, 0.25) is 0 Å². The molecule has 2 aromatic rings. The van der Waals surface area contributed by atoms with Crippen LogP contribution in [0.4, 0.5) is 0 Å². The summed E-state index contributed by atoms with van der Waals surface area (Å²) in [6, 6.07) is 3.87. The Balaban J connectivity index is 2.39. The third kappa shape index (κ3) is 2.10. The van der Waals surface area contributed by atoms with Gasteiger partial charge in [-0.1, -0.05) is 0 Å². The summed E-state index contributed by atoms with van der Waals surface area (Å²) in [5, 5.41) is 0. The normalized spacial score (nSPS) is 10.5. The fourth-order valence-electron chi connectivity index (χ4n) is 1.28. The quantitative estimate of drug-likeness (QED) is 0.626. The van der Waals surface area contributed by atoms with E-state index in [-0.39, 0.29) is 5.96 Å². The molecule has 6 heteroatoms. The Hall–Kier alpha value is -1.56. The number of fused-ring (bicyclic) bond motifs is 1. The highest BCUT2D eigenvalue weighted by Crippen LogP contribution is 2.17. The average molecular weight is 268 g/mol. The summed E-state index contributed by atoms with van der Waals surface area (Å²) < 4.78 is 2.86. The van der Waals surface area contributed by atoms with Gasteiger partial charge < -0.3 is 15.9 Å². The third-order valence-electron chi connectivity index (χ3n) is 1.91. The van der Waals surface area contributed by atoms with Gasteiger partial charge in [0.1, 0.15) is 0 Å². The number of guanidine groups is 1. The molecule has 0 aliphatic rings. The van der Waals surface area contributed by atoms with Crippen molar-refractivity contribution in [1.82, 2.24) is 9.38 Å². The molecule has 0 saturated carbocycles. The third-order valence-corrected chi connectivity index (χ3v) is 2.53. The Morgan fingerprint density at radius 1 is 1.53 bits per heavy atom.